The van der Waals surface area contributed by atoms with E-state index in [0.717, 1.165) is 4.90 Å². The summed E-state index contributed by atoms with van der Waals surface area (Å²) in [4.78, 5) is 61.4. The first-order valence-corrected chi connectivity index (χ1v) is 10.7. The normalized spacial score (nSPS) is 18.2. The number of carbonyl (C=O) groups excluding carboxylic acids is 5. The van der Waals surface area contributed by atoms with Gasteiger partial charge in [-0.25, -0.2) is 4.79 Å². The fraction of sp³-hybridized carbons (Fsp3) is 0.500. The topological polar surface area (TPSA) is 143 Å². The summed E-state index contributed by atoms with van der Waals surface area (Å²) < 4.78 is 10.6. The van der Waals surface area contributed by atoms with Crippen LogP contribution in [0.4, 0.5) is 10.5 Å². The molecular weight excluding hydrogens is 432 g/mol. The lowest BCUT2D eigenvalue weighted by molar-refractivity contribution is -0.136. The molecule has 0 radical (unpaired) electrons. The van der Waals surface area contributed by atoms with Crippen LogP contribution in [-0.2, 0) is 19.1 Å². The SMILES string of the molecule is CC(C)(C)OC(=O)NCCOCCNc1ccc2c(c1)C(=O)N(C1CCC(=O)NC1=O)C2=O. The molecule has 0 aromatic heterocycles. The fourth-order valence-corrected chi connectivity index (χ4v) is 3.49. The summed E-state index contributed by atoms with van der Waals surface area (Å²) in [6, 6.07) is 3.78. The summed E-state index contributed by atoms with van der Waals surface area (Å²) >= 11 is 0. The van der Waals surface area contributed by atoms with Crippen molar-refractivity contribution >= 4 is 35.4 Å². The molecule has 0 bridgehead atoms. The van der Waals surface area contributed by atoms with Gasteiger partial charge in [-0.05, 0) is 45.4 Å². The van der Waals surface area contributed by atoms with Gasteiger partial charge in [-0.1, -0.05) is 0 Å². The van der Waals surface area contributed by atoms with Crippen molar-refractivity contribution in [2.24, 2.45) is 0 Å². The predicted molar refractivity (Wildman–Crippen MR) is 117 cm³/mol. The second-order valence-electron chi connectivity index (χ2n) is 8.68. The zero-order valence-electron chi connectivity index (χ0n) is 18.9. The van der Waals surface area contributed by atoms with Gasteiger partial charge >= 0.3 is 6.09 Å². The lowest BCUT2D eigenvalue weighted by Gasteiger charge is -2.27. The Balaban J connectivity index is 1.45. The van der Waals surface area contributed by atoms with E-state index in [2.05, 4.69) is 16.0 Å². The molecule has 2 heterocycles. The molecule has 3 rings (SSSR count). The summed E-state index contributed by atoms with van der Waals surface area (Å²) in [5.74, 6) is -2.16. The molecular formula is C22H28N4O7. The van der Waals surface area contributed by atoms with E-state index in [0.29, 0.717) is 32.0 Å². The van der Waals surface area contributed by atoms with Gasteiger partial charge in [0.25, 0.3) is 11.8 Å². The number of piperidine rings is 1. The second kappa shape index (κ2) is 9.99. The summed E-state index contributed by atoms with van der Waals surface area (Å²) in [5, 5.41) is 7.87. The van der Waals surface area contributed by atoms with E-state index in [1.807, 2.05) is 0 Å². The molecule has 2 aliphatic rings. The summed E-state index contributed by atoms with van der Waals surface area (Å²) in [7, 11) is 0. The van der Waals surface area contributed by atoms with Gasteiger partial charge in [0.1, 0.15) is 11.6 Å². The monoisotopic (exact) mass is 460 g/mol. The van der Waals surface area contributed by atoms with Crippen LogP contribution in [0.15, 0.2) is 18.2 Å². The first-order valence-electron chi connectivity index (χ1n) is 10.7. The fourth-order valence-electron chi connectivity index (χ4n) is 3.49. The van der Waals surface area contributed by atoms with Crippen LogP contribution in [0.1, 0.15) is 54.3 Å². The van der Waals surface area contributed by atoms with Crippen LogP contribution in [0, 0.1) is 0 Å². The van der Waals surface area contributed by atoms with Crippen molar-refractivity contribution in [1.82, 2.24) is 15.5 Å². The molecule has 33 heavy (non-hydrogen) atoms. The molecule has 11 nitrogen and oxygen atoms in total. The van der Waals surface area contributed by atoms with Crippen molar-refractivity contribution in [2.45, 2.75) is 45.3 Å². The first kappa shape index (κ1) is 24.2. The lowest BCUT2D eigenvalue weighted by Crippen LogP contribution is -2.54. The molecule has 1 aromatic rings. The zero-order valence-corrected chi connectivity index (χ0v) is 18.9. The quantitative estimate of drug-likeness (QED) is 0.386. The van der Waals surface area contributed by atoms with Gasteiger partial charge in [0.15, 0.2) is 0 Å². The van der Waals surface area contributed by atoms with Crippen molar-refractivity contribution < 1.29 is 33.4 Å². The number of nitrogens with zero attached hydrogens (tertiary/aromatic N) is 1. The Kier molecular flexibility index (Phi) is 7.32. The number of imide groups is 2. The van der Waals surface area contributed by atoms with E-state index in [4.69, 9.17) is 9.47 Å². The lowest BCUT2D eigenvalue weighted by atomic mass is 10.0. The van der Waals surface area contributed by atoms with Gasteiger partial charge in [-0.2, -0.15) is 0 Å². The third-order valence-corrected chi connectivity index (χ3v) is 4.93. The third-order valence-electron chi connectivity index (χ3n) is 4.93. The standard InChI is InChI=1S/C22H28N4O7/c1-22(2,3)33-21(31)24-9-11-32-10-8-23-13-4-5-14-15(12-13)20(30)26(19(14)29)16-6-7-17(27)25-18(16)28/h4-5,12,16,23H,6-11H2,1-3H3,(H,24,31)(H,25,27,28). The van der Waals surface area contributed by atoms with Crippen LogP contribution >= 0.6 is 0 Å². The minimum absolute atomic E-state index is 0.0733. The maximum atomic E-state index is 12.8. The van der Waals surface area contributed by atoms with Gasteiger partial charge in [0.2, 0.25) is 11.8 Å². The number of hydrogen-bond donors (Lipinski definition) is 3. The van der Waals surface area contributed by atoms with Crippen molar-refractivity contribution in [3.63, 3.8) is 0 Å². The Bertz CT molecular complexity index is 970. The van der Waals surface area contributed by atoms with Crippen LogP contribution in [0.2, 0.25) is 0 Å². The average molecular weight is 460 g/mol. The van der Waals surface area contributed by atoms with E-state index in [9.17, 15) is 24.0 Å². The molecule has 1 atom stereocenters. The van der Waals surface area contributed by atoms with Crippen molar-refractivity contribution in [3.05, 3.63) is 29.3 Å². The van der Waals surface area contributed by atoms with E-state index in [1.54, 1.807) is 32.9 Å². The van der Waals surface area contributed by atoms with E-state index in [1.165, 1.54) is 6.07 Å². The molecule has 3 N–H and O–H groups in total. The Hall–Kier alpha value is -3.47. The smallest absolute Gasteiger partial charge is 0.407 e. The largest absolute Gasteiger partial charge is 0.444 e. The number of nitrogens with one attached hydrogen (secondary N) is 3. The highest BCUT2D eigenvalue weighted by atomic mass is 16.6. The molecule has 0 saturated carbocycles. The maximum absolute atomic E-state index is 12.8. The average Bonchev–Trinajstić information content (AvgIpc) is 2.96. The third kappa shape index (κ3) is 6.07. The Morgan fingerprint density at radius 2 is 1.79 bits per heavy atom. The molecule has 0 spiro atoms. The van der Waals surface area contributed by atoms with Crippen LogP contribution < -0.4 is 16.0 Å². The summed E-state index contributed by atoms with van der Waals surface area (Å²) in [6.45, 7) is 6.74. The van der Waals surface area contributed by atoms with E-state index in [-0.39, 0.29) is 24.0 Å². The molecule has 1 fully saturated rings. The number of anilines is 1. The number of amides is 5. The molecule has 1 unspecified atom stereocenters. The number of fused-ring (bicyclic) bond motifs is 1. The van der Waals surface area contributed by atoms with Gasteiger partial charge < -0.3 is 20.1 Å². The number of carbonyl (C=O) groups is 5. The van der Waals surface area contributed by atoms with Crippen LogP contribution in [0.25, 0.3) is 0 Å². The number of hydrogen-bond acceptors (Lipinski definition) is 8. The number of benzene rings is 1. The van der Waals surface area contributed by atoms with Crippen LogP contribution in [0.3, 0.4) is 0 Å². The maximum Gasteiger partial charge on any atom is 0.407 e. The summed E-state index contributed by atoms with van der Waals surface area (Å²) in [6.07, 6.45) is -0.321. The van der Waals surface area contributed by atoms with E-state index >= 15 is 0 Å². The Morgan fingerprint density at radius 1 is 1.09 bits per heavy atom. The Morgan fingerprint density at radius 3 is 2.48 bits per heavy atom. The van der Waals surface area contributed by atoms with Gasteiger partial charge in [-0.3, -0.25) is 29.4 Å². The predicted octanol–water partition coefficient (Wildman–Crippen LogP) is 1.04. The van der Waals surface area contributed by atoms with Crippen LogP contribution in [0.5, 0.6) is 0 Å². The molecule has 11 heteroatoms. The number of ether oxygens (including phenoxy) is 2. The highest BCUT2D eigenvalue weighted by Crippen LogP contribution is 2.29. The zero-order chi connectivity index (χ0) is 24.2. The molecule has 1 saturated heterocycles. The number of alkyl carbamates (subject to hydrolysis) is 1. The Labute approximate surface area is 191 Å². The minimum Gasteiger partial charge on any atom is -0.444 e. The van der Waals surface area contributed by atoms with Crippen molar-refractivity contribution in [3.8, 4) is 0 Å². The van der Waals surface area contributed by atoms with Crippen LogP contribution in [-0.4, -0.2) is 72.6 Å². The number of rotatable bonds is 8. The highest BCUT2D eigenvalue weighted by Gasteiger charge is 2.44. The van der Waals surface area contributed by atoms with Crippen molar-refractivity contribution in [2.75, 3.05) is 31.6 Å². The molecule has 5 amide bonds. The van der Waals surface area contributed by atoms with E-state index < -0.39 is 41.4 Å². The minimum atomic E-state index is -0.991. The molecule has 2 aliphatic heterocycles. The summed E-state index contributed by atoms with van der Waals surface area (Å²) in [5.41, 5.74) is 0.489. The first-order chi connectivity index (χ1) is 15.6. The van der Waals surface area contributed by atoms with Gasteiger partial charge in [-0.15, -0.1) is 0 Å². The second-order valence-corrected chi connectivity index (χ2v) is 8.68. The van der Waals surface area contributed by atoms with Gasteiger partial charge in [0, 0.05) is 25.2 Å². The molecule has 0 aliphatic carbocycles. The molecule has 1 aromatic carbocycles. The highest BCUT2D eigenvalue weighted by molar-refractivity contribution is 6.23. The molecule has 178 valence electrons. The van der Waals surface area contributed by atoms with Crippen molar-refractivity contribution in [1.29, 1.82) is 0 Å². The van der Waals surface area contributed by atoms with Gasteiger partial charge in [0.05, 0.1) is 24.3 Å².